The van der Waals surface area contributed by atoms with Crippen LogP contribution in [0.4, 0.5) is 5.69 Å². The van der Waals surface area contributed by atoms with Crippen molar-refractivity contribution in [2.45, 2.75) is 39.7 Å². The highest BCUT2D eigenvalue weighted by molar-refractivity contribution is 14.0. The molecule has 1 aromatic heterocycles. The second kappa shape index (κ2) is 9.41. The van der Waals surface area contributed by atoms with Gasteiger partial charge in [-0.1, -0.05) is 6.07 Å². The fourth-order valence-electron chi connectivity index (χ4n) is 3.26. The molecule has 5 nitrogen and oxygen atoms in total. The second-order valence-electron chi connectivity index (χ2n) is 6.86. The number of aryl methyl sites for hydroxylation is 3. The molecule has 3 rings (SSSR count). The normalized spacial score (nSPS) is 16.3. The molecule has 0 spiro atoms. The van der Waals surface area contributed by atoms with Gasteiger partial charge in [0.05, 0.1) is 12.6 Å². The van der Waals surface area contributed by atoms with E-state index in [-0.39, 0.29) is 30.0 Å². The van der Waals surface area contributed by atoms with Crippen LogP contribution >= 0.6 is 24.0 Å². The van der Waals surface area contributed by atoms with E-state index in [2.05, 4.69) is 47.3 Å². The minimum atomic E-state index is 0. The Morgan fingerprint density at radius 1 is 1.15 bits per heavy atom. The van der Waals surface area contributed by atoms with E-state index in [1.165, 1.54) is 24.0 Å². The van der Waals surface area contributed by atoms with Crippen molar-refractivity contribution in [1.29, 1.82) is 0 Å². The summed E-state index contributed by atoms with van der Waals surface area (Å²) in [6.45, 7) is 8.94. The molecule has 0 aliphatic carbocycles. The molecule has 1 aromatic carbocycles. The molecule has 1 unspecified atom stereocenters. The van der Waals surface area contributed by atoms with Crippen molar-refractivity contribution in [2.75, 3.05) is 25.0 Å². The number of likely N-dealkylation sites (tertiary alicyclic amines) is 1. The zero-order valence-electron chi connectivity index (χ0n) is 15.8. The molecule has 142 valence electrons. The lowest BCUT2D eigenvalue weighted by Crippen LogP contribution is -2.30. The zero-order chi connectivity index (χ0) is 17.8. The predicted octanol–water partition coefficient (Wildman–Crippen LogP) is 4.39. The molecule has 1 saturated heterocycles. The minimum absolute atomic E-state index is 0. The molecule has 0 amide bonds. The van der Waals surface area contributed by atoms with Gasteiger partial charge in [-0.2, -0.15) is 0 Å². The third-order valence-electron chi connectivity index (χ3n) is 4.88. The summed E-state index contributed by atoms with van der Waals surface area (Å²) in [6.07, 6.45) is 2.46. The van der Waals surface area contributed by atoms with Gasteiger partial charge in [-0.05, 0) is 82.1 Å². The van der Waals surface area contributed by atoms with Crippen molar-refractivity contribution in [1.82, 2.24) is 4.90 Å². The van der Waals surface area contributed by atoms with Crippen LogP contribution in [0.25, 0.3) is 0 Å². The Morgan fingerprint density at radius 3 is 2.50 bits per heavy atom. The van der Waals surface area contributed by atoms with E-state index in [1.807, 2.05) is 19.1 Å². The third-order valence-corrected chi connectivity index (χ3v) is 4.88. The zero-order valence-corrected chi connectivity index (χ0v) is 18.1. The van der Waals surface area contributed by atoms with Crippen LogP contribution < -0.4 is 11.1 Å². The van der Waals surface area contributed by atoms with Crippen LogP contribution in [0.15, 0.2) is 39.7 Å². The molecule has 1 aliphatic heterocycles. The molecule has 2 aromatic rings. The number of guanidine groups is 1. The van der Waals surface area contributed by atoms with Crippen LogP contribution in [0.5, 0.6) is 0 Å². The van der Waals surface area contributed by atoms with Crippen LogP contribution in [0.2, 0.25) is 0 Å². The topological polar surface area (TPSA) is 66.8 Å². The number of nitrogens with one attached hydrogen (secondary N) is 1. The van der Waals surface area contributed by atoms with E-state index in [1.54, 1.807) is 0 Å². The van der Waals surface area contributed by atoms with Gasteiger partial charge in [-0.25, -0.2) is 0 Å². The predicted molar refractivity (Wildman–Crippen MR) is 118 cm³/mol. The average molecular weight is 468 g/mol. The Balaban J connectivity index is 0.00000243. The molecule has 3 N–H and O–H groups in total. The molecular formula is C20H29IN4O. The Bertz CT molecular complexity index is 750. The van der Waals surface area contributed by atoms with Gasteiger partial charge in [0.25, 0.3) is 0 Å². The lowest BCUT2D eigenvalue weighted by molar-refractivity contribution is 0.219. The number of aliphatic imine (C=N–C) groups is 1. The van der Waals surface area contributed by atoms with Crippen molar-refractivity contribution in [2.24, 2.45) is 10.7 Å². The first-order valence-electron chi connectivity index (χ1n) is 8.97. The summed E-state index contributed by atoms with van der Waals surface area (Å²) in [5.41, 5.74) is 9.58. The summed E-state index contributed by atoms with van der Waals surface area (Å²) in [6, 6.07) is 10.4. The molecule has 0 saturated carbocycles. The van der Waals surface area contributed by atoms with Gasteiger partial charge in [0, 0.05) is 5.69 Å². The van der Waals surface area contributed by atoms with Gasteiger partial charge in [0.2, 0.25) is 0 Å². The maximum absolute atomic E-state index is 6.11. The highest BCUT2D eigenvalue weighted by atomic mass is 127. The number of nitrogens with two attached hydrogens (primary N) is 1. The van der Waals surface area contributed by atoms with Crippen LogP contribution in [0.1, 0.15) is 41.5 Å². The van der Waals surface area contributed by atoms with Crippen LogP contribution in [0.3, 0.4) is 0 Å². The number of benzene rings is 1. The third kappa shape index (κ3) is 5.23. The number of hydrogen-bond acceptors (Lipinski definition) is 3. The second-order valence-corrected chi connectivity index (χ2v) is 6.86. The van der Waals surface area contributed by atoms with Crippen molar-refractivity contribution in [3.63, 3.8) is 0 Å². The van der Waals surface area contributed by atoms with Crippen molar-refractivity contribution < 1.29 is 4.42 Å². The van der Waals surface area contributed by atoms with Crippen LogP contribution in [0, 0.1) is 20.8 Å². The smallest absolute Gasteiger partial charge is 0.193 e. The first kappa shape index (κ1) is 20.8. The maximum atomic E-state index is 6.11. The quantitative estimate of drug-likeness (QED) is 0.388. The lowest BCUT2D eigenvalue weighted by Gasteiger charge is -2.24. The fourth-order valence-corrected chi connectivity index (χ4v) is 3.26. The Morgan fingerprint density at radius 2 is 1.88 bits per heavy atom. The summed E-state index contributed by atoms with van der Waals surface area (Å²) < 4.78 is 5.87. The summed E-state index contributed by atoms with van der Waals surface area (Å²) >= 11 is 0. The van der Waals surface area contributed by atoms with Crippen LogP contribution in [-0.4, -0.2) is 30.5 Å². The van der Waals surface area contributed by atoms with Crippen molar-refractivity contribution >= 4 is 35.6 Å². The van der Waals surface area contributed by atoms with E-state index < -0.39 is 0 Å². The highest BCUT2D eigenvalue weighted by Crippen LogP contribution is 2.27. The largest absolute Gasteiger partial charge is 0.465 e. The fraction of sp³-hybridized carbons (Fsp3) is 0.450. The van der Waals surface area contributed by atoms with Crippen molar-refractivity contribution in [3.8, 4) is 0 Å². The van der Waals surface area contributed by atoms with E-state index in [0.717, 1.165) is 30.3 Å². The monoisotopic (exact) mass is 468 g/mol. The minimum Gasteiger partial charge on any atom is -0.465 e. The Labute approximate surface area is 173 Å². The first-order valence-corrected chi connectivity index (χ1v) is 8.97. The molecule has 1 atom stereocenters. The van der Waals surface area contributed by atoms with E-state index >= 15 is 0 Å². The number of hydrogen-bond donors (Lipinski definition) is 2. The maximum Gasteiger partial charge on any atom is 0.193 e. The number of halogens is 1. The summed E-state index contributed by atoms with van der Waals surface area (Å²) in [4.78, 5) is 7.02. The highest BCUT2D eigenvalue weighted by Gasteiger charge is 2.25. The lowest BCUT2D eigenvalue weighted by atomic mass is 10.1. The molecule has 0 radical (unpaired) electrons. The molecule has 0 bridgehead atoms. The summed E-state index contributed by atoms with van der Waals surface area (Å²) in [7, 11) is 0. The molecule has 26 heavy (non-hydrogen) atoms. The molecule has 2 heterocycles. The number of nitrogens with zero attached hydrogens (tertiary/aromatic N) is 2. The number of anilines is 1. The average Bonchev–Trinajstić information content (AvgIpc) is 3.24. The summed E-state index contributed by atoms with van der Waals surface area (Å²) in [5, 5.41) is 3.19. The summed E-state index contributed by atoms with van der Waals surface area (Å²) in [5.74, 6) is 2.35. The Hall–Kier alpha value is -1.54. The molecule has 1 fully saturated rings. The van der Waals surface area contributed by atoms with Crippen LogP contribution in [-0.2, 0) is 0 Å². The van der Waals surface area contributed by atoms with Gasteiger partial charge in [-0.15, -0.1) is 24.0 Å². The number of furan rings is 1. The van der Waals surface area contributed by atoms with Crippen molar-refractivity contribution in [3.05, 3.63) is 53.0 Å². The van der Waals surface area contributed by atoms with Gasteiger partial charge >= 0.3 is 0 Å². The molecule has 1 aliphatic rings. The molecule has 6 heteroatoms. The standard InChI is InChI=1S/C20H28N4O.HI/c1-14-6-8-17(12-15(14)2)23-20(21)22-13-18(24-10-4-5-11-24)19-9-7-16(3)25-19;/h6-9,12,18H,4-5,10-11,13H2,1-3H3,(H3,21,22,23);1H. The van der Waals surface area contributed by atoms with Gasteiger partial charge in [0.1, 0.15) is 11.5 Å². The van der Waals surface area contributed by atoms with E-state index in [0.29, 0.717) is 12.5 Å². The van der Waals surface area contributed by atoms with Gasteiger partial charge in [0.15, 0.2) is 5.96 Å². The number of rotatable bonds is 5. The van der Waals surface area contributed by atoms with Gasteiger partial charge in [-0.3, -0.25) is 9.89 Å². The van der Waals surface area contributed by atoms with Gasteiger partial charge < -0.3 is 15.5 Å². The van der Waals surface area contributed by atoms with E-state index in [9.17, 15) is 0 Å². The SMILES string of the molecule is Cc1ccc(C(CN=C(N)Nc2ccc(C)c(C)c2)N2CCCC2)o1.I. The first-order chi connectivity index (χ1) is 12.0. The molecular weight excluding hydrogens is 439 g/mol. The Kier molecular flexibility index (Phi) is 7.52. The van der Waals surface area contributed by atoms with E-state index in [4.69, 9.17) is 10.2 Å².